The lowest BCUT2D eigenvalue weighted by Crippen LogP contribution is -2.44. The second-order valence-corrected chi connectivity index (χ2v) is 7.09. The summed E-state index contributed by atoms with van der Waals surface area (Å²) in [6.07, 6.45) is 2.69. The molecule has 0 aliphatic carbocycles. The zero-order chi connectivity index (χ0) is 18.0. The zero-order valence-electron chi connectivity index (χ0n) is 15.2. The predicted octanol–water partition coefficient (Wildman–Crippen LogP) is 2.08. The second-order valence-electron chi connectivity index (χ2n) is 7.09. The maximum atomic E-state index is 10.3. The Balaban J connectivity index is 1.71. The van der Waals surface area contributed by atoms with Crippen molar-refractivity contribution in [3.8, 4) is 5.75 Å². The van der Waals surface area contributed by atoms with Gasteiger partial charge < -0.3 is 15.1 Å². The summed E-state index contributed by atoms with van der Waals surface area (Å²) in [5.74, 6) is 0.195. The summed E-state index contributed by atoms with van der Waals surface area (Å²) in [5.41, 5.74) is 4.91. The van der Waals surface area contributed by atoms with E-state index in [-0.39, 0.29) is 12.4 Å². The van der Waals surface area contributed by atoms with Crippen LogP contribution in [0.3, 0.4) is 0 Å². The molecule has 0 spiro atoms. The van der Waals surface area contributed by atoms with Crippen LogP contribution in [0.25, 0.3) is 0 Å². The van der Waals surface area contributed by atoms with E-state index in [1.165, 1.54) is 11.1 Å². The molecule has 1 aromatic heterocycles. The third-order valence-electron chi connectivity index (χ3n) is 5.17. The first-order chi connectivity index (χ1) is 12.0. The van der Waals surface area contributed by atoms with Gasteiger partial charge in [-0.1, -0.05) is 24.3 Å². The first-order valence-electron chi connectivity index (χ1n) is 8.72. The Morgan fingerprint density at radius 2 is 2.00 bits per heavy atom. The summed E-state index contributed by atoms with van der Waals surface area (Å²) < 4.78 is 0. The fourth-order valence-electron chi connectivity index (χ4n) is 3.61. The Morgan fingerprint density at radius 3 is 2.72 bits per heavy atom. The highest BCUT2D eigenvalue weighted by Crippen LogP contribution is 2.26. The van der Waals surface area contributed by atoms with Gasteiger partial charge in [0, 0.05) is 43.0 Å². The molecule has 1 aliphatic heterocycles. The number of aliphatic hydroxyl groups excluding tert-OH is 1. The summed E-state index contributed by atoms with van der Waals surface area (Å²) in [5, 5.41) is 19.9. The number of hydrogen-bond acceptors (Lipinski definition) is 5. The topological polar surface area (TPSA) is 59.8 Å². The molecule has 2 aromatic rings. The van der Waals surface area contributed by atoms with Gasteiger partial charge in [0.05, 0.1) is 12.3 Å². The summed E-state index contributed by atoms with van der Waals surface area (Å²) in [6, 6.07) is 9.07. The van der Waals surface area contributed by atoms with Crippen molar-refractivity contribution in [2.45, 2.75) is 39.1 Å². The minimum Gasteiger partial charge on any atom is -0.506 e. The smallest absolute Gasteiger partial charge is 0.141 e. The van der Waals surface area contributed by atoms with E-state index in [2.05, 4.69) is 53.1 Å². The van der Waals surface area contributed by atoms with Crippen LogP contribution in [0.2, 0.25) is 0 Å². The fraction of sp³-hybridized carbons (Fsp3) is 0.450. The molecule has 1 aromatic carbocycles. The maximum absolute atomic E-state index is 10.3. The van der Waals surface area contributed by atoms with Crippen LogP contribution in [-0.2, 0) is 26.1 Å². The van der Waals surface area contributed by atoms with Gasteiger partial charge >= 0.3 is 0 Å². The first-order valence-corrected chi connectivity index (χ1v) is 8.72. The first kappa shape index (κ1) is 17.9. The highest BCUT2D eigenvalue weighted by Gasteiger charge is 2.24. The van der Waals surface area contributed by atoms with Crippen LogP contribution in [0.15, 0.2) is 30.5 Å². The predicted molar refractivity (Wildman–Crippen MR) is 98.3 cm³/mol. The number of benzene rings is 1. The van der Waals surface area contributed by atoms with Crippen molar-refractivity contribution in [2.75, 3.05) is 20.6 Å². The van der Waals surface area contributed by atoms with Crippen LogP contribution in [-0.4, -0.2) is 51.7 Å². The highest BCUT2D eigenvalue weighted by atomic mass is 16.3. The van der Waals surface area contributed by atoms with E-state index in [1.54, 1.807) is 13.1 Å². The number of pyridine rings is 1. The van der Waals surface area contributed by atoms with Crippen LogP contribution in [0, 0.1) is 6.92 Å². The normalized spacial score (nSPS) is 17.7. The number of hydrogen-bond donors (Lipinski definition) is 2. The summed E-state index contributed by atoms with van der Waals surface area (Å²) in [4.78, 5) is 8.74. The molecule has 134 valence electrons. The Morgan fingerprint density at radius 1 is 1.28 bits per heavy atom. The molecule has 1 unspecified atom stereocenters. The van der Waals surface area contributed by atoms with Gasteiger partial charge in [0.1, 0.15) is 5.75 Å². The van der Waals surface area contributed by atoms with Gasteiger partial charge in [0.15, 0.2) is 0 Å². The van der Waals surface area contributed by atoms with Gasteiger partial charge in [-0.3, -0.25) is 9.88 Å². The van der Waals surface area contributed by atoms with E-state index in [4.69, 9.17) is 0 Å². The van der Waals surface area contributed by atoms with Crippen LogP contribution < -0.4 is 0 Å². The van der Waals surface area contributed by atoms with Crippen molar-refractivity contribution in [3.05, 3.63) is 58.4 Å². The van der Waals surface area contributed by atoms with Crippen molar-refractivity contribution < 1.29 is 10.2 Å². The zero-order valence-corrected chi connectivity index (χ0v) is 15.2. The van der Waals surface area contributed by atoms with Crippen molar-refractivity contribution >= 4 is 0 Å². The van der Waals surface area contributed by atoms with Crippen molar-refractivity contribution in [1.29, 1.82) is 0 Å². The molecule has 0 fully saturated rings. The second kappa shape index (κ2) is 7.52. The lowest BCUT2D eigenvalue weighted by Gasteiger charge is -2.36. The largest absolute Gasteiger partial charge is 0.506 e. The number of aromatic nitrogens is 1. The molecule has 0 bridgehead atoms. The van der Waals surface area contributed by atoms with Crippen LogP contribution in [0.1, 0.15) is 27.9 Å². The molecule has 25 heavy (non-hydrogen) atoms. The van der Waals surface area contributed by atoms with E-state index in [9.17, 15) is 10.2 Å². The maximum Gasteiger partial charge on any atom is 0.141 e. The SMILES string of the molecule is Cc1ncc(CO)c(CN(C)CC2Cc3ccccc3CN2C)c1O. The average Bonchev–Trinajstić information content (AvgIpc) is 2.60. The van der Waals surface area contributed by atoms with Crippen LogP contribution >= 0.6 is 0 Å². The fourth-order valence-corrected chi connectivity index (χ4v) is 3.61. The number of nitrogens with zero attached hydrogens (tertiary/aromatic N) is 3. The number of likely N-dealkylation sites (N-methyl/N-ethyl adjacent to an activating group) is 2. The minimum absolute atomic E-state index is 0.110. The summed E-state index contributed by atoms with van der Waals surface area (Å²) in [7, 11) is 4.23. The van der Waals surface area contributed by atoms with Crippen molar-refractivity contribution in [3.63, 3.8) is 0 Å². The van der Waals surface area contributed by atoms with Gasteiger partial charge in [-0.15, -0.1) is 0 Å². The molecule has 5 nitrogen and oxygen atoms in total. The van der Waals surface area contributed by atoms with E-state index >= 15 is 0 Å². The standard InChI is InChI=1S/C20H27N3O2/c1-14-20(25)19(17(13-24)9-21-14)12-22(2)11-18-8-15-6-4-5-7-16(15)10-23(18)3/h4-7,9,18,24-25H,8,10-13H2,1-3H3. The number of aliphatic hydroxyl groups is 1. The summed E-state index contributed by atoms with van der Waals surface area (Å²) in [6.45, 7) is 4.14. The Kier molecular flexibility index (Phi) is 5.37. The average molecular weight is 341 g/mol. The minimum atomic E-state index is -0.110. The van der Waals surface area contributed by atoms with Crippen LogP contribution in [0.4, 0.5) is 0 Å². The van der Waals surface area contributed by atoms with E-state index in [0.29, 0.717) is 23.8 Å². The molecular formula is C20H27N3O2. The lowest BCUT2D eigenvalue weighted by molar-refractivity contribution is 0.157. The molecule has 1 aliphatic rings. The van der Waals surface area contributed by atoms with Gasteiger partial charge in [0.2, 0.25) is 0 Å². The Hall–Kier alpha value is -1.95. The van der Waals surface area contributed by atoms with Crippen LogP contribution in [0.5, 0.6) is 5.75 Å². The molecular weight excluding hydrogens is 314 g/mol. The number of rotatable bonds is 5. The molecule has 0 amide bonds. The number of aromatic hydroxyl groups is 1. The number of fused-ring (bicyclic) bond motifs is 1. The quantitative estimate of drug-likeness (QED) is 0.872. The Labute approximate surface area is 149 Å². The molecule has 2 N–H and O–H groups in total. The van der Waals surface area contributed by atoms with E-state index in [1.807, 2.05) is 0 Å². The highest BCUT2D eigenvalue weighted by molar-refractivity contribution is 5.40. The monoisotopic (exact) mass is 341 g/mol. The van der Waals surface area contributed by atoms with Crippen molar-refractivity contribution in [2.24, 2.45) is 0 Å². The Bertz CT molecular complexity index is 748. The van der Waals surface area contributed by atoms with Gasteiger partial charge in [0.25, 0.3) is 0 Å². The summed E-state index contributed by atoms with van der Waals surface area (Å²) >= 11 is 0. The molecule has 3 rings (SSSR count). The molecule has 0 saturated heterocycles. The molecule has 0 radical (unpaired) electrons. The molecule has 1 atom stereocenters. The third-order valence-corrected chi connectivity index (χ3v) is 5.17. The van der Waals surface area contributed by atoms with Gasteiger partial charge in [-0.25, -0.2) is 0 Å². The number of aryl methyl sites for hydroxylation is 1. The molecule has 2 heterocycles. The molecule has 0 saturated carbocycles. The van der Waals surface area contributed by atoms with Gasteiger partial charge in [-0.2, -0.15) is 0 Å². The third kappa shape index (κ3) is 3.84. The van der Waals surface area contributed by atoms with E-state index in [0.717, 1.165) is 25.1 Å². The molecule has 5 heteroatoms. The lowest BCUT2D eigenvalue weighted by atomic mass is 9.94. The van der Waals surface area contributed by atoms with Crippen molar-refractivity contribution in [1.82, 2.24) is 14.8 Å². The van der Waals surface area contributed by atoms with E-state index < -0.39 is 0 Å². The van der Waals surface area contributed by atoms with Gasteiger partial charge in [-0.05, 0) is 38.6 Å².